The van der Waals surface area contributed by atoms with Crippen molar-refractivity contribution in [3.63, 3.8) is 0 Å². The topological polar surface area (TPSA) is 80.8 Å². The average molecular weight is 430 g/mol. The van der Waals surface area contributed by atoms with E-state index in [1.807, 2.05) is 13.8 Å². The molecule has 0 radical (unpaired) electrons. The molecule has 1 aromatic carbocycles. The molecule has 0 saturated carbocycles. The van der Waals surface area contributed by atoms with E-state index in [1.165, 1.54) is 17.5 Å². The number of halogens is 1. The third kappa shape index (κ3) is 6.03. The lowest BCUT2D eigenvalue weighted by Crippen LogP contribution is -2.41. The van der Waals surface area contributed by atoms with Gasteiger partial charge in [-0.3, -0.25) is 9.59 Å². The maximum atomic E-state index is 12.5. The predicted octanol–water partition coefficient (Wildman–Crippen LogP) is 3.58. The third-order valence-corrected chi connectivity index (χ3v) is 6.75. The van der Waals surface area contributed by atoms with Gasteiger partial charge in [-0.1, -0.05) is 25.4 Å². The van der Waals surface area contributed by atoms with Gasteiger partial charge in [0.1, 0.15) is 17.6 Å². The summed E-state index contributed by atoms with van der Waals surface area (Å²) in [5.74, 6) is 0.154. The minimum Gasteiger partial charge on any atom is -0.489 e. The van der Waals surface area contributed by atoms with Gasteiger partial charge in [-0.05, 0) is 43.9 Å². The zero-order valence-electron chi connectivity index (χ0n) is 16.8. The smallest absolute Gasteiger partial charge is 0.211 e. The number of sulfonamides is 1. The Hall–Kier alpha value is -1.44. The molecule has 1 saturated heterocycles. The lowest BCUT2D eigenvalue weighted by Gasteiger charge is -2.30. The Morgan fingerprint density at radius 3 is 2.32 bits per heavy atom. The van der Waals surface area contributed by atoms with E-state index < -0.39 is 10.0 Å². The number of ketones is 2. The van der Waals surface area contributed by atoms with E-state index in [9.17, 15) is 18.0 Å². The summed E-state index contributed by atoms with van der Waals surface area (Å²) in [5.41, 5.74) is 0.455. The maximum Gasteiger partial charge on any atom is 0.211 e. The molecule has 1 aromatic rings. The molecule has 0 amide bonds. The number of hydrogen-bond acceptors (Lipinski definition) is 5. The summed E-state index contributed by atoms with van der Waals surface area (Å²) in [6, 6.07) is 4.89. The maximum absolute atomic E-state index is 12.5. The lowest BCUT2D eigenvalue weighted by atomic mass is 9.86. The molecule has 1 aliphatic heterocycles. The van der Waals surface area contributed by atoms with E-state index in [2.05, 4.69) is 0 Å². The summed E-state index contributed by atoms with van der Waals surface area (Å²) in [4.78, 5) is 24.3. The van der Waals surface area contributed by atoms with Crippen molar-refractivity contribution in [3.05, 3.63) is 28.8 Å². The van der Waals surface area contributed by atoms with Crippen LogP contribution < -0.4 is 4.74 Å². The summed E-state index contributed by atoms with van der Waals surface area (Å²) >= 11 is 6.31. The van der Waals surface area contributed by atoms with Gasteiger partial charge >= 0.3 is 0 Å². The van der Waals surface area contributed by atoms with Gasteiger partial charge in [-0.25, -0.2) is 12.7 Å². The molecule has 156 valence electrons. The van der Waals surface area contributed by atoms with Crippen LogP contribution in [0.25, 0.3) is 0 Å². The Kier molecular flexibility index (Phi) is 7.65. The number of Topliss-reactive ketones (excluding diaryl/α,β-unsaturated/α-hetero) is 2. The normalized spacial score (nSPS) is 17.5. The Balaban J connectivity index is 2.01. The summed E-state index contributed by atoms with van der Waals surface area (Å²) in [5, 5.41) is 0.334. The van der Waals surface area contributed by atoms with Gasteiger partial charge < -0.3 is 4.74 Å². The molecule has 1 fully saturated rings. The number of ether oxygens (including phenoxy) is 1. The monoisotopic (exact) mass is 429 g/mol. The van der Waals surface area contributed by atoms with Crippen molar-refractivity contribution in [2.24, 2.45) is 11.8 Å². The predicted molar refractivity (Wildman–Crippen MR) is 109 cm³/mol. The highest BCUT2D eigenvalue weighted by molar-refractivity contribution is 7.88. The van der Waals surface area contributed by atoms with Crippen molar-refractivity contribution in [1.29, 1.82) is 0 Å². The van der Waals surface area contributed by atoms with Crippen LogP contribution in [0.2, 0.25) is 5.02 Å². The molecule has 0 spiro atoms. The van der Waals surface area contributed by atoms with Crippen LogP contribution in [0.4, 0.5) is 0 Å². The molecular formula is C20H28ClNO5S. The second kappa shape index (κ2) is 9.37. The lowest BCUT2D eigenvalue weighted by molar-refractivity contribution is -0.121. The van der Waals surface area contributed by atoms with Gasteiger partial charge in [-0.15, -0.1) is 0 Å². The van der Waals surface area contributed by atoms with Gasteiger partial charge in [0.15, 0.2) is 5.78 Å². The molecule has 1 heterocycles. The quantitative estimate of drug-likeness (QED) is 0.590. The van der Waals surface area contributed by atoms with Crippen molar-refractivity contribution in [2.45, 2.75) is 46.1 Å². The first-order valence-corrected chi connectivity index (χ1v) is 11.7. The number of benzene rings is 1. The number of carbonyl (C=O) groups excluding carboxylic acids is 2. The largest absolute Gasteiger partial charge is 0.489 e. The number of hydrogen-bond donors (Lipinski definition) is 0. The van der Waals surface area contributed by atoms with Crippen molar-refractivity contribution >= 4 is 33.2 Å². The summed E-state index contributed by atoms with van der Waals surface area (Å²) < 4.78 is 30.5. The minimum absolute atomic E-state index is 0.00911. The first-order valence-electron chi connectivity index (χ1n) is 9.44. The number of rotatable bonds is 8. The Labute approximate surface area is 172 Å². The van der Waals surface area contributed by atoms with Gasteiger partial charge in [0.25, 0.3) is 0 Å². The van der Waals surface area contributed by atoms with Gasteiger partial charge in [0.2, 0.25) is 10.0 Å². The molecular weight excluding hydrogens is 402 g/mol. The molecule has 6 nitrogen and oxygen atoms in total. The fourth-order valence-corrected chi connectivity index (χ4v) is 4.50. The van der Waals surface area contributed by atoms with E-state index in [-0.39, 0.29) is 35.9 Å². The summed E-state index contributed by atoms with van der Waals surface area (Å²) in [7, 11) is -3.18. The van der Waals surface area contributed by atoms with E-state index >= 15 is 0 Å². The van der Waals surface area contributed by atoms with E-state index in [1.54, 1.807) is 18.2 Å². The van der Waals surface area contributed by atoms with Crippen LogP contribution in [0.15, 0.2) is 18.2 Å². The fourth-order valence-electron chi connectivity index (χ4n) is 3.40. The first-order chi connectivity index (χ1) is 13.0. The number of piperidine rings is 1. The zero-order chi connectivity index (χ0) is 21.1. The average Bonchev–Trinajstić information content (AvgIpc) is 2.60. The standard InChI is InChI=1S/C20H28ClNO5S/c1-13(2)17(14(3)23)12-19(24)15-5-6-20(18(21)11-15)27-16-7-9-22(10-8-16)28(4,25)26/h5-6,11,13,16-17H,7-10,12H2,1-4H3/t17-/m0/s1. The van der Waals surface area contributed by atoms with Crippen molar-refractivity contribution < 1.29 is 22.7 Å². The third-order valence-electron chi connectivity index (χ3n) is 5.15. The Bertz CT molecular complexity index is 829. The summed E-state index contributed by atoms with van der Waals surface area (Å²) in [6.45, 7) is 6.20. The van der Waals surface area contributed by atoms with Gasteiger partial charge in [-0.2, -0.15) is 0 Å². The van der Waals surface area contributed by atoms with Crippen LogP contribution in [0.5, 0.6) is 5.75 Å². The molecule has 28 heavy (non-hydrogen) atoms. The second-order valence-corrected chi connectivity index (χ2v) is 10.1. The van der Waals surface area contributed by atoms with Crippen molar-refractivity contribution in [2.75, 3.05) is 19.3 Å². The minimum atomic E-state index is -3.18. The Morgan fingerprint density at radius 2 is 1.86 bits per heavy atom. The van der Waals surface area contributed by atoms with Crippen molar-refractivity contribution in [1.82, 2.24) is 4.31 Å². The van der Waals surface area contributed by atoms with Crippen LogP contribution in [-0.2, 0) is 14.8 Å². The first kappa shape index (κ1) is 22.8. The SMILES string of the molecule is CC(=O)[C@@H](CC(=O)c1ccc(OC2CCN(S(C)(=O)=O)CC2)c(Cl)c1)C(C)C. The molecule has 0 unspecified atom stereocenters. The van der Waals surface area contributed by atoms with Crippen LogP contribution in [0.1, 0.15) is 50.4 Å². The summed E-state index contributed by atoms with van der Waals surface area (Å²) in [6.07, 6.45) is 2.40. The van der Waals surface area contributed by atoms with Crippen LogP contribution >= 0.6 is 11.6 Å². The highest BCUT2D eigenvalue weighted by Crippen LogP contribution is 2.30. The molecule has 0 bridgehead atoms. The van der Waals surface area contributed by atoms with Crippen molar-refractivity contribution in [3.8, 4) is 5.75 Å². The van der Waals surface area contributed by atoms with E-state index in [0.717, 1.165) is 0 Å². The molecule has 0 N–H and O–H groups in total. The van der Waals surface area contributed by atoms with Crippen LogP contribution in [0.3, 0.4) is 0 Å². The van der Waals surface area contributed by atoms with Gasteiger partial charge in [0.05, 0.1) is 11.3 Å². The van der Waals surface area contributed by atoms with Crippen LogP contribution in [0, 0.1) is 11.8 Å². The molecule has 1 atom stereocenters. The highest BCUT2D eigenvalue weighted by Gasteiger charge is 2.27. The molecule has 0 aliphatic carbocycles. The van der Waals surface area contributed by atoms with E-state index in [4.69, 9.17) is 16.3 Å². The molecule has 8 heteroatoms. The molecule has 2 rings (SSSR count). The zero-order valence-corrected chi connectivity index (χ0v) is 18.3. The molecule has 0 aromatic heterocycles. The number of nitrogens with zero attached hydrogens (tertiary/aromatic N) is 1. The second-order valence-electron chi connectivity index (χ2n) is 7.71. The number of carbonyl (C=O) groups is 2. The molecule has 1 aliphatic rings. The Morgan fingerprint density at radius 1 is 1.25 bits per heavy atom. The van der Waals surface area contributed by atoms with Gasteiger partial charge in [0, 0.05) is 31.0 Å². The highest BCUT2D eigenvalue weighted by atomic mass is 35.5. The van der Waals surface area contributed by atoms with E-state index in [0.29, 0.717) is 42.3 Å². The van der Waals surface area contributed by atoms with Crippen LogP contribution in [-0.4, -0.2) is 49.7 Å². The fraction of sp³-hybridized carbons (Fsp3) is 0.600.